The zero-order valence-corrected chi connectivity index (χ0v) is 12.3. The van der Waals surface area contributed by atoms with Crippen molar-refractivity contribution in [2.75, 3.05) is 19.7 Å². The minimum Gasteiger partial charge on any atom is -0.483 e. The lowest BCUT2D eigenvalue weighted by Crippen LogP contribution is -2.42. The molecule has 0 spiro atoms. The van der Waals surface area contributed by atoms with E-state index in [1.807, 2.05) is 0 Å². The second-order valence-corrected chi connectivity index (χ2v) is 5.36. The molecule has 1 aliphatic rings. The highest BCUT2D eigenvalue weighted by atomic mass is 19.4. The van der Waals surface area contributed by atoms with Gasteiger partial charge in [-0.3, -0.25) is 9.59 Å². The highest BCUT2D eigenvalue weighted by Crippen LogP contribution is 2.34. The van der Waals surface area contributed by atoms with Gasteiger partial charge in [0.1, 0.15) is 5.75 Å². The number of hydrogen-bond acceptors (Lipinski definition) is 3. The molecule has 126 valence electrons. The maximum Gasteiger partial charge on any atom is 0.391 e. The molecule has 0 bridgehead atoms. The Morgan fingerprint density at radius 1 is 1.22 bits per heavy atom. The largest absolute Gasteiger partial charge is 0.483 e. The maximum absolute atomic E-state index is 12.7. The molecule has 0 saturated carbocycles. The Morgan fingerprint density at radius 3 is 2.39 bits per heavy atom. The van der Waals surface area contributed by atoms with E-state index in [4.69, 9.17) is 10.5 Å². The van der Waals surface area contributed by atoms with E-state index in [2.05, 4.69) is 0 Å². The number of primary amides is 1. The molecule has 1 fully saturated rings. The number of amides is 2. The number of rotatable bonds is 4. The van der Waals surface area contributed by atoms with Gasteiger partial charge in [0.2, 0.25) is 0 Å². The molecular formula is C15H17F3N2O3. The van der Waals surface area contributed by atoms with Gasteiger partial charge < -0.3 is 15.4 Å². The molecule has 0 radical (unpaired) electrons. The van der Waals surface area contributed by atoms with Gasteiger partial charge in [-0.2, -0.15) is 13.2 Å². The first-order valence-electron chi connectivity index (χ1n) is 7.15. The van der Waals surface area contributed by atoms with Gasteiger partial charge in [0.15, 0.2) is 6.61 Å². The predicted octanol–water partition coefficient (Wildman–Crippen LogP) is 1.97. The van der Waals surface area contributed by atoms with Crippen LogP contribution in [0.25, 0.3) is 0 Å². The SMILES string of the molecule is NC(=O)COc1ccccc1C(=O)N1CCC(C(F)(F)F)CC1. The minimum atomic E-state index is -4.22. The highest BCUT2D eigenvalue weighted by Gasteiger charge is 2.41. The van der Waals surface area contributed by atoms with E-state index in [0.717, 1.165) is 0 Å². The molecule has 1 aliphatic heterocycles. The lowest BCUT2D eigenvalue weighted by atomic mass is 9.96. The monoisotopic (exact) mass is 330 g/mol. The van der Waals surface area contributed by atoms with E-state index < -0.39 is 23.9 Å². The van der Waals surface area contributed by atoms with Crippen molar-refractivity contribution in [3.63, 3.8) is 0 Å². The summed E-state index contributed by atoms with van der Waals surface area (Å²) in [4.78, 5) is 24.6. The Hall–Kier alpha value is -2.25. The van der Waals surface area contributed by atoms with Crippen LogP contribution >= 0.6 is 0 Å². The number of piperidine rings is 1. The molecule has 1 aromatic carbocycles. The van der Waals surface area contributed by atoms with E-state index in [0.29, 0.717) is 0 Å². The number of hydrogen-bond donors (Lipinski definition) is 1. The molecular weight excluding hydrogens is 313 g/mol. The van der Waals surface area contributed by atoms with Crippen LogP contribution in [0.3, 0.4) is 0 Å². The number of halogens is 3. The fourth-order valence-corrected chi connectivity index (χ4v) is 2.50. The van der Waals surface area contributed by atoms with Crippen molar-refractivity contribution in [1.29, 1.82) is 0 Å². The van der Waals surface area contributed by atoms with Crippen LogP contribution in [-0.4, -0.2) is 42.6 Å². The van der Waals surface area contributed by atoms with Gasteiger partial charge in [0.05, 0.1) is 11.5 Å². The summed E-state index contributed by atoms with van der Waals surface area (Å²) in [6.07, 6.45) is -4.45. The average Bonchev–Trinajstić information content (AvgIpc) is 2.52. The van der Waals surface area contributed by atoms with E-state index in [-0.39, 0.29) is 43.9 Å². The van der Waals surface area contributed by atoms with Gasteiger partial charge in [0.25, 0.3) is 11.8 Å². The summed E-state index contributed by atoms with van der Waals surface area (Å²) >= 11 is 0. The number of nitrogens with two attached hydrogens (primary N) is 1. The Kier molecular flexibility index (Phi) is 5.12. The molecule has 2 N–H and O–H groups in total. The van der Waals surface area contributed by atoms with Crippen LogP contribution in [-0.2, 0) is 4.79 Å². The molecule has 0 aromatic heterocycles. The molecule has 2 amide bonds. The van der Waals surface area contributed by atoms with Crippen LogP contribution in [0.5, 0.6) is 5.75 Å². The van der Waals surface area contributed by atoms with Crippen LogP contribution in [0.2, 0.25) is 0 Å². The van der Waals surface area contributed by atoms with Gasteiger partial charge in [-0.25, -0.2) is 0 Å². The standard InChI is InChI=1S/C15H17F3N2O3/c16-15(17,18)10-5-7-20(8-6-10)14(22)11-3-1-2-4-12(11)23-9-13(19)21/h1-4,10H,5-9H2,(H2,19,21). The first-order chi connectivity index (χ1) is 10.8. The second-order valence-electron chi connectivity index (χ2n) is 5.36. The Bertz CT molecular complexity index is 582. The molecule has 2 rings (SSSR count). The third-order valence-electron chi connectivity index (χ3n) is 3.73. The summed E-state index contributed by atoms with van der Waals surface area (Å²) in [5.41, 5.74) is 5.21. The summed E-state index contributed by atoms with van der Waals surface area (Å²) in [5, 5.41) is 0. The number of likely N-dealkylation sites (tertiary alicyclic amines) is 1. The first-order valence-corrected chi connectivity index (χ1v) is 7.15. The topological polar surface area (TPSA) is 72.6 Å². The maximum atomic E-state index is 12.7. The van der Waals surface area contributed by atoms with Crippen LogP contribution in [0.1, 0.15) is 23.2 Å². The fourth-order valence-electron chi connectivity index (χ4n) is 2.50. The van der Waals surface area contributed by atoms with E-state index >= 15 is 0 Å². The van der Waals surface area contributed by atoms with Crippen LogP contribution in [0, 0.1) is 5.92 Å². The molecule has 1 saturated heterocycles. The van der Waals surface area contributed by atoms with Gasteiger partial charge in [-0.1, -0.05) is 12.1 Å². The molecule has 0 atom stereocenters. The van der Waals surface area contributed by atoms with E-state index in [1.54, 1.807) is 12.1 Å². The third-order valence-corrected chi connectivity index (χ3v) is 3.73. The molecule has 8 heteroatoms. The van der Waals surface area contributed by atoms with Crippen LogP contribution < -0.4 is 10.5 Å². The number of carbonyl (C=O) groups is 2. The van der Waals surface area contributed by atoms with Crippen molar-refractivity contribution in [2.24, 2.45) is 11.7 Å². The lowest BCUT2D eigenvalue weighted by Gasteiger charge is -2.33. The summed E-state index contributed by atoms with van der Waals surface area (Å²) in [6, 6.07) is 6.27. The number of carbonyl (C=O) groups excluding carboxylic acids is 2. The van der Waals surface area contributed by atoms with Crippen molar-refractivity contribution in [3.8, 4) is 5.75 Å². The molecule has 5 nitrogen and oxygen atoms in total. The minimum absolute atomic E-state index is 0.0349. The van der Waals surface area contributed by atoms with Crippen molar-refractivity contribution >= 4 is 11.8 Å². The van der Waals surface area contributed by atoms with Crippen molar-refractivity contribution in [3.05, 3.63) is 29.8 Å². The van der Waals surface area contributed by atoms with Crippen LogP contribution in [0.4, 0.5) is 13.2 Å². The van der Waals surface area contributed by atoms with Gasteiger partial charge in [-0.05, 0) is 25.0 Å². The molecule has 23 heavy (non-hydrogen) atoms. The Labute approximate surface area is 131 Å². The highest BCUT2D eigenvalue weighted by molar-refractivity contribution is 5.97. The van der Waals surface area contributed by atoms with Crippen molar-refractivity contribution in [2.45, 2.75) is 19.0 Å². The van der Waals surface area contributed by atoms with Gasteiger partial charge in [0, 0.05) is 13.1 Å². The number of alkyl halides is 3. The molecule has 0 unspecified atom stereocenters. The van der Waals surface area contributed by atoms with Gasteiger partial charge >= 0.3 is 6.18 Å². The number of nitrogens with zero attached hydrogens (tertiary/aromatic N) is 1. The zero-order valence-electron chi connectivity index (χ0n) is 12.3. The molecule has 1 aromatic rings. The van der Waals surface area contributed by atoms with Crippen molar-refractivity contribution < 1.29 is 27.5 Å². The van der Waals surface area contributed by atoms with E-state index in [1.165, 1.54) is 17.0 Å². The summed E-state index contributed by atoms with van der Waals surface area (Å²) in [6.45, 7) is -0.305. The summed E-state index contributed by atoms with van der Waals surface area (Å²) < 4.78 is 43.2. The summed E-state index contributed by atoms with van der Waals surface area (Å²) in [7, 11) is 0. The molecule has 1 heterocycles. The predicted molar refractivity (Wildman–Crippen MR) is 75.8 cm³/mol. The quantitative estimate of drug-likeness (QED) is 0.917. The zero-order chi connectivity index (χ0) is 17.0. The number of para-hydroxylation sites is 1. The van der Waals surface area contributed by atoms with Gasteiger partial charge in [-0.15, -0.1) is 0 Å². The molecule has 0 aliphatic carbocycles. The third kappa shape index (κ3) is 4.37. The van der Waals surface area contributed by atoms with Crippen LogP contribution in [0.15, 0.2) is 24.3 Å². The smallest absolute Gasteiger partial charge is 0.391 e. The number of benzene rings is 1. The Morgan fingerprint density at radius 2 is 1.83 bits per heavy atom. The second kappa shape index (κ2) is 6.89. The normalized spacial score (nSPS) is 16.2. The van der Waals surface area contributed by atoms with E-state index in [9.17, 15) is 22.8 Å². The first kappa shape index (κ1) is 17.1. The fraction of sp³-hybridized carbons (Fsp3) is 0.467. The Balaban J connectivity index is 2.05. The number of ether oxygens (including phenoxy) is 1. The van der Waals surface area contributed by atoms with Crippen molar-refractivity contribution in [1.82, 2.24) is 4.90 Å². The summed E-state index contributed by atoms with van der Waals surface area (Å²) in [5.74, 6) is -2.27. The average molecular weight is 330 g/mol. The lowest BCUT2D eigenvalue weighted by molar-refractivity contribution is -0.183.